The topological polar surface area (TPSA) is 103 Å². The Labute approximate surface area is 127 Å². The quantitative estimate of drug-likeness (QED) is 0.736. The maximum Gasteiger partial charge on any atom is 0.404 e. The largest absolute Gasteiger partial charge is 0.508 e. The first-order valence-electron chi connectivity index (χ1n) is 6.53. The van der Waals surface area contributed by atoms with Gasteiger partial charge < -0.3 is 20.3 Å². The molecule has 0 saturated heterocycles. The number of ether oxygens (including phenoxy) is 1. The normalized spacial score (nSPS) is 9.77. The fourth-order valence-electron chi connectivity index (χ4n) is 1.94. The van der Waals surface area contributed by atoms with Crippen LogP contribution in [-0.2, 0) is 0 Å². The van der Waals surface area contributed by atoms with Gasteiger partial charge in [-0.05, 0) is 35.9 Å². The number of aromatic hydroxyl groups is 1. The highest BCUT2D eigenvalue weighted by atomic mass is 16.5. The van der Waals surface area contributed by atoms with E-state index in [0.717, 1.165) is 0 Å². The molecular weight excluding hydrogens is 284 g/mol. The van der Waals surface area contributed by atoms with E-state index in [9.17, 15) is 9.90 Å². The third-order valence-corrected chi connectivity index (χ3v) is 2.90. The van der Waals surface area contributed by atoms with Gasteiger partial charge >= 0.3 is 6.09 Å². The fraction of sp³-hybridized carbons (Fsp3) is 0.125. The molecule has 22 heavy (non-hydrogen) atoms. The lowest BCUT2D eigenvalue weighted by Gasteiger charge is -2.12. The molecule has 6 nitrogen and oxygen atoms in total. The number of phenolic OH excluding ortho intramolecular Hbond substituents is 1. The second-order valence-electron chi connectivity index (χ2n) is 4.45. The molecular formula is C16H14N2O4. The maximum atomic E-state index is 10.4. The van der Waals surface area contributed by atoms with Crippen LogP contribution in [0.1, 0.15) is 5.56 Å². The molecule has 2 aromatic carbocycles. The van der Waals surface area contributed by atoms with Gasteiger partial charge in [0.2, 0.25) is 0 Å². The van der Waals surface area contributed by atoms with Crippen molar-refractivity contribution in [3.63, 3.8) is 0 Å². The van der Waals surface area contributed by atoms with Gasteiger partial charge in [0.05, 0.1) is 18.2 Å². The molecule has 0 aliphatic carbocycles. The maximum absolute atomic E-state index is 10.4. The van der Waals surface area contributed by atoms with Crippen LogP contribution in [0.3, 0.4) is 0 Å². The molecule has 1 amide bonds. The van der Waals surface area contributed by atoms with Crippen LogP contribution >= 0.6 is 0 Å². The molecule has 0 radical (unpaired) electrons. The van der Waals surface area contributed by atoms with Crippen LogP contribution in [0, 0.1) is 11.3 Å². The molecule has 0 spiro atoms. The molecule has 2 aromatic rings. The number of carboxylic acid groups (broad SMARTS) is 1. The highest BCUT2D eigenvalue weighted by Gasteiger charge is 2.09. The van der Waals surface area contributed by atoms with Crippen LogP contribution in [0.15, 0.2) is 42.5 Å². The number of nitriles is 1. The van der Waals surface area contributed by atoms with E-state index in [4.69, 9.17) is 15.1 Å². The Balaban J connectivity index is 2.26. The van der Waals surface area contributed by atoms with Crippen LogP contribution in [0.5, 0.6) is 11.5 Å². The summed E-state index contributed by atoms with van der Waals surface area (Å²) in [5.74, 6) is 0.621. The summed E-state index contributed by atoms with van der Waals surface area (Å²) in [5, 5.41) is 29.3. The van der Waals surface area contributed by atoms with Gasteiger partial charge in [0.25, 0.3) is 0 Å². The van der Waals surface area contributed by atoms with E-state index in [1.54, 1.807) is 42.5 Å². The van der Waals surface area contributed by atoms with Crippen molar-refractivity contribution in [3.8, 4) is 28.7 Å². The van der Waals surface area contributed by atoms with Gasteiger partial charge in [-0.2, -0.15) is 5.26 Å². The first-order chi connectivity index (χ1) is 10.6. The average Bonchev–Trinajstić information content (AvgIpc) is 2.51. The molecule has 6 heteroatoms. The third-order valence-electron chi connectivity index (χ3n) is 2.90. The number of rotatable bonds is 5. The van der Waals surface area contributed by atoms with E-state index in [1.807, 2.05) is 0 Å². The van der Waals surface area contributed by atoms with Crippen molar-refractivity contribution in [1.29, 1.82) is 5.26 Å². The van der Waals surface area contributed by atoms with Crippen LogP contribution in [0.2, 0.25) is 0 Å². The summed E-state index contributed by atoms with van der Waals surface area (Å²) in [6.07, 6.45) is -1.11. The summed E-state index contributed by atoms with van der Waals surface area (Å²) in [6.45, 7) is 0.304. The van der Waals surface area contributed by atoms with Crippen molar-refractivity contribution in [3.05, 3.63) is 48.0 Å². The second kappa shape index (κ2) is 6.99. The lowest BCUT2D eigenvalue weighted by Crippen LogP contribution is -2.26. The molecule has 0 unspecified atom stereocenters. The fourth-order valence-corrected chi connectivity index (χ4v) is 1.94. The predicted octanol–water partition coefficient (Wildman–Crippen LogP) is 2.58. The molecule has 2 rings (SSSR count). The number of carbonyl (C=O) groups is 1. The number of nitrogens with one attached hydrogen (secondary N) is 1. The Morgan fingerprint density at radius 3 is 2.77 bits per heavy atom. The first kappa shape index (κ1) is 15.2. The Hall–Kier alpha value is -3.20. The van der Waals surface area contributed by atoms with Gasteiger partial charge in [-0.25, -0.2) is 4.79 Å². The van der Waals surface area contributed by atoms with Crippen molar-refractivity contribution in [2.45, 2.75) is 0 Å². The highest BCUT2D eigenvalue weighted by Crippen LogP contribution is 2.32. The Kier molecular flexibility index (Phi) is 4.83. The minimum absolute atomic E-state index is 0.110. The molecule has 0 aromatic heterocycles. The van der Waals surface area contributed by atoms with E-state index in [2.05, 4.69) is 11.4 Å². The molecule has 112 valence electrons. The molecule has 0 saturated carbocycles. The zero-order chi connectivity index (χ0) is 15.9. The summed E-state index contributed by atoms with van der Waals surface area (Å²) >= 11 is 0. The number of amides is 1. The summed E-state index contributed by atoms with van der Waals surface area (Å²) < 4.78 is 5.56. The van der Waals surface area contributed by atoms with E-state index >= 15 is 0 Å². The van der Waals surface area contributed by atoms with E-state index in [0.29, 0.717) is 22.4 Å². The highest BCUT2D eigenvalue weighted by molar-refractivity contribution is 5.73. The smallest absolute Gasteiger partial charge is 0.404 e. The number of hydrogen-bond acceptors (Lipinski definition) is 4. The van der Waals surface area contributed by atoms with Gasteiger partial charge in [-0.15, -0.1) is 0 Å². The predicted molar refractivity (Wildman–Crippen MR) is 79.8 cm³/mol. The average molecular weight is 298 g/mol. The van der Waals surface area contributed by atoms with Gasteiger partial charge in [0.15, 0.2) is 0 Å². The van der Waals surface area contributed by atoms with E-state index in [-0.39, 0.29) is 18.9 Å². The first-order valence-corrected chi connectivity index (χ1v) is 6.53. The summed E-state index contributed by atoms with van der Waals surface area (Å²) in [4.78, 5) is 10.4. The van der Waals surface area contributed by atoms with Crippen molar-refractivity contribution in [2.75, 3.05) is 13.2 Å². The van der Waals surface area contributed by atoms with E-state index < -0.39 is 6.09 Å². The minimum atomic E-state index is -1.11. The van der Waals surface area contributed by atoms with Crippen molar-refractivity contribution < 1.29 is 19.7 Å². The summed E-state index contributed by atoms with van der Waals surface area (Å²) in [5.41, 5.74) is 1.83. The number of nitrogens with zero attached hydrogens (tertiary/aromatic N) is 1. The Morgan fingerprint density at radius 2 is 2.09 bits per heavy atom. The molecule has 0 heterocycles. The van der Waals surface area contributed by atoms with Crippen molar-refractivity contribution in [2.24, 2.45) is 0 Å². The number of benzene rings is 2. The lowest BCUT2D eigenvalue weighted by molar-refractivity contribution is 0.191. The molecule has 0 fully saturated rings. The zero-order valence-corrected chi connectivity index (χ0v) is 11.6. The SMILES string of the molecule is N#Cc1ccc(OCCNC(=O)O)c(-c2cccc(O)c2)c1. The molecule has 0 aliphatic rings. The van der Waals surface area contributed by atoms with Crippen LogP contribution in [-0.4, -0.2) is 29.5 Å². The van der Waals surface area contributed by atoms with Crippen LogP contribution in [0.25, 0.3) is 11.1 Å². The Morgan fingerprint density at radius 1 is 1.27 bits per heavy atom. The molecule has 0 bridgehead atoms. The van der Waals surface area contributed by atoms with Crippen LogP contribution in [0.4, 0.5) is 4.79 Å². The summed E-state index contributed by atoms with van der Waals surface area (Å²) in [6, 6.07) is 13.6. The monoisotopic (exact) mass is 298 g/mol. The van der Waals surface area contributed by atoms with Gasteiger partial charge in [-0.1, -0.05) is 12.1 Å². The molecule has 0 aliphatic heterocycles. The van der Waals surface area contributed by atoms with Crippen molar-refractivity contribution >= 4 is 6.09 Å². The van der Waals surface area contributed by atoms with E-state index in [1.165, 1.54) is 0 Å². The second-order valence-corrected chi connectivity index (χ2v) is 4.45. The standard InChI is InChI=1S/C16H14N2O4/c17-10-11-4-5-15(22-7-6-18-16(20)21)14(8-11)12-2-1-3-13(19)9-12/h1-5,8-9,18-19H,6-7H2,(H,20,21). The van der Waals surface area contributed by atoms with Gasteiger partial charge in [-0.3, -0.25) is 0 Å². The number of phenols is 1. The van der Waals surface area contributed by atoms with Gasteiger partial charge in [0, 0.05) is 5.56 Å². The molecule has 0 atom stereocenters. The van der Waals surface area contributed by atoms with Crippen LogP contribution < -0.4 is 10.1 Å². The third kappa shape index (κ3) is 3.90. The Bertz CT molecular complexity index is 722. The minimum Gasteiger partial charge on any atom is -0.508 e. The lowest BCUT2D eigenvalue weighted by atomic mass is 10.0. The number of hydrogen-bond donors (Lipinski definition) is 3. The summed E-state index contributed by atoms with van der Waals surface area (Å²) in [7, 11) is 0. The zero-order valence-electron chi connectivity index (χ0n) is 11.6. The molecule has 3 N–H and O–H groups in total. The van der Waals surface area contributed by atoms with Crippen molar-refractivity contribution in [1.82, 2.24) is 5.32 Å². The van der Waals surface area contributed by atoms with Gasteiger partial charge in [0.1, 0.15) is 18.1 Å².